The molecular weight excluding hydrogens is 294 g/mol. The molecule has 132 valence electrons. The second-order valence-corrected chi connectivity index (χ2v) is 9.80. The van der Waals surface area contributed by atoms with Crippen molar-refractivity contribution in [3.8, 4) is 6.07 Å². The summed E-state index contributed by atoms with van der Waals surface area (Å²) in [4.78, 5) is 0. The summed E-state index contributed by atoms with van der Waals surface area (Å²) >= 11 is 0. The number of rotatable bonds is 1. The van der Waals surface area contributed by atoms with Crippen molar-refractivity contribution in [1.29, 1.82) is 5.26 Å². The van der Waals surface area contributed by atoms with E-state index in [1.165, 1.54) is 44.9 Å². The van der Waals surface area contributed by atoms with Crippen LogP contribution in [0.1, 0.15) is 71.6 Å². The van der Waals surface area contributed by atoms with Gasteiger partial charge in [-0.25, -0.2) is 0 Å². The maximum Gasteiger partial charge on any atom is 0.0908 e. The van der Waals surface area contributed by atoms with Gasteiger partial charge in [-0.05, 0) is 98.2 Å². The monoisotopic (exact) mass is 327 g/mol. The first kappa shape index (κ1) is 16.6. The molecule has 0 saturated heterocycles. The van der Waals surface area contributed by atoms with Gasteiger partial charge in [0.15, 0.2) is 0 Å². The molecule has 0 heterocycles. The number of nitriles is 1. The molecule has 4 aliphatic carbocycles. The highest BCUT2D eigenvalue weighted by Gasteiger charge is 2.59. The molecule has 0 amide bonds. The summed E-state index contributed by atoms with van der Waals surface area (Å²) in [7, 11) is 0. The van der Waals surface area contributed by atoms with E-state index in [2.05, 4.69) is 26.0 Å². The molecule has 0 spiro atoms. The molecule has 4 saturated carbocycles. The van der Waals surface area contributed by atoms with Gasteiger partial charge in [-0.3, -0.25) is 0 Å². The van der Waals surface area contributed by atoms with Crippen LogP contribution in [0.2, 0.25) is 0 Å². The van der Waals surface area contributed by atoms with Crippen molar-refractivity contribution >= 4 is 0 Å². The van der Waals surface area contributed by atoms with Gasteiger partial charge < -0.3 is 5.11 Å². The Bertz CT molecular complexity index is 563. The van der Waals surface area contributed by atoms with Crippen LogP contribution in [0, 0.1) is 51.8 Å². The summed E-state index contributed by atoms with van der Waals surface area (Å²) in [6, 6.07) is 2.21. The van der Waals surface area contributed by atoms with Crippen LogP contribution in [-0.4, -0.2) is 11.2 Å². The summed E-state index contributed by atoms with van der Waals surface area (Å²) in [5, 5.41) is 19.1. The Kier molecular flexibility index (Phi) is 4.07. The molecule has 0 radical (unpaired) electrons. The highest BCUT2D eigenvalue weighted by Crippen LogP contribution is 2.67. The molecule has 0 aliphatic heterocycles. The van der Waals surface area contributed by atoms with E-state index in [1.54, 1.807) is 6.08 Å². The van der Waals surface area contributed by atoms with E-state index >= 15 is 0 Å². The fourth-order valence-corrected chi connectivity index (χ4v) is 7.75. The average molecular weight is 328 g/mol. The molecule has 4 fully saturated rings. The van der Waals surface area contributed by atoms with Crippen LogP contribution in [-0.2, 0) is 0 Å². The lowest BCUT2D eigenvalue weighted by Crippen LogP contribution is -2.53. The molecular formula is C22H33NO. The van der Waals surface area contributed by atoms with Gasteiger partial charge in [0.1, 0.15) is 0 Å². The Balaban J connectivity index is 1.59. The number of allylic oxidation sites excluding steroid dienone is 2. The van der Waals surface area contributed by atoms with Crippen molar-refractivity contribution in [2.75, 3.05) is 0 Å². The summed E-state index contributed by atoms with van der Waals surface area (Å²) in [5.74, 6) is 3.99. The van der Waals surface area contributed by atoms with E-state index < -0.39 is 0 Å². The Hall–Kier alpha value is -0.810. The zero-order valence-electron chi connectivity index (χ0n) is 15.4. The van der Waals surface area contributed by atoms with Crippen molar-refractivity contribution in [3.63, 3.8) is 0 Å². The van der Waals surface area contributed by atoms with Crippen LogP contribution in [0.4, 0.5) is 0 Å². The quantitative estimate of drug-likeness (QED) is 0.682. The fourth-order valence-electron chi connectivity index (χ4n) is 7.75. The normalized spacial score (nSPS) is 53.9. The molecule has 2 heteroatoms. The molecule has 1 N–H and O–H groups in total. The average Bonchev–Trinajstić information content (AvgIpc) is 2.90. The van der Waals surface area contributed by atoms with E-state index in [1.807, 2.05) is 0 Å². The number of hydrogen-bond donors (Lipinski definition) is 1. The van der Waals surface area contributed by atoms with Gasteiger partial charge in [-0.1, -0.05) is 19.9 Å². The van der Waals surface area contributed by atoms with Gasteiger partial charge in [-0.15, -0.1) is 0 Å². The zero-order chi connectivity index (χ0) is 16.9. The molecule has 4 aliphatic rings. The fraction of sp³-hybridized carbons (Fsp3) is 0.864. The third kappa shape index (κ3) is 2.31. The van der Waals surface area contributed by atoms with E-state index in [-0.39, 0.29) is 6.10 Å². The second kappa shape index (κ2) is 5.87. The maximum absolute atomic E-state index is 10.1. The van der Waals surface area contributed by atoms with Gasteiger partial charge in [0.2, 0.25) is 0 Å². The molecule has 0 bridgehead atoms. The van der Waals surface area contributed by atoms with Crippen molar-refractivity contribution in [1.82, 2.24) is 0 Å². The number of aliphatic hydroxyl groups is 1. The standard InChI is InChI=1S/C22H33NO/c1-21-12-10-20-18(19(21)8-6-15(21)4-3-13-23)7-5-16-14-17(24)9-11-22(16,20)2/h3-4,15-20,24H,5-12,14H2,1-2H3/b4-3-/t15-,16-,17-,18-,19-,20-,21+,22-/m0/s1. The number of hydrogen-bond acceptors (Lipinski definition) is 2. The largest absolute Gasteiger partial charge is 0.393 e. The van der Waals surface area contributed by atoms with Gasteiger partial charge in [-0.2, -0.15) is 5.26 Å². The van der Waals surface area contributed by atoms with Crippen molar-refractivity contribution in [3.05, 3.63) is 12.2 Å². The predicted molar refractivity (Wildman–Crippen MR) is 96.0 cm³/mol. The summed E-state index contributed by atoms with van der Waals surface area (Å²) in [6.07, 6.45) is 15.3. The third-order valence-electron chi connectivity index (χ3n) is 9.11. The summed E-state index contributed by atoms with van der Waals surface area (Å²) in [5.41, 5.74) is 0.899. The third-order valence-corrected chi connectivity index (χ3v) is 9.11. The highest BCUT2D eigenvalue weighted by atomic mass is 16.3. The van der Waals surface area contributed by atoms with Crippen LogP contribution < -0.4 is 0 Å². The summed E-state index contributed by atoms with van der Waals surface area (Å²) < 4.78 is 0. The van der Waals surface area contributed by atoms with E-state index in [9.17, 15) is 5.11 Å². The highest BCUT2D eigenvalue weighted by molar-refractivity contribution is 5.14. The molecule has 0 aromatic carbocycles. The van der Waals surface area contributed by atoms with Gasteiger partial charge in [0, 0.05) is 6.08 Å². The van der Waals surface area contributed by atoms with Crippen LogP contribution in [0.5, 0.6) is 0 Å². The first-order chi connectivity index (χ1) is 11.5. The van der Waals surface area contributed by atoms with Crippen molar-refractivity contribution < 1.29 is 5.11 Å². The Morgan fingerprint density at radius 1 is 0.958 bits per heavy atom. The minimum absolute atomic E-state index is 0.0412. The Morgan fingerprint density at radius 3 is 2.50 bits per heavy atom. The van der Waals surface area contributed by atoms with Crippen molar-refractivity contribution in [2.45, 2.75) is 77.7 Å². The minimum Gasteiger partial charge on any atom is -0.393 e. The first-order valence-corrected chi connectivity index (χ1v) is 10.2. The van der Waals surface area contributed by atoms with E-state index in [0.29, 0.717) is 16.7 Å². The molecule has 8 atom stereocenters. The van der Waals surface area contributed by atoms with Gasteiger partial charge in [0.05, 0.1) is 12.2 Å². The van der Waals surface area contributed by atoms with Crippen molar-refractivity contribution in [2.24, 2.45) is 40.4 Å². The predicted octanol–water partition coefficient (Wildman–Crippen LogP) is 5.09. The lowest BCUT2D eigenvalue weighted by molar-refractivity contribution is -0.124. The summed E-state index contributed by atoms with van der Waals surface area (Å²) in [6.45, 7) is 5.08. The number of nitrogens with zero attached hydrogens (tertiary/aromatic N) is 1. The maximum atomic E-state index is 10.1. The lowest BCUT2D eigenvalue weighted by atomic mass is 9.44. The van der Waals surface area contributed by atoms with Crippen LogP contribution in [0.15, 0.2) is 12.2 Å². The van der Waals surface area contributed by atoms with E-state index in [0.717, 1.165) is 36.5 Å². The second-order valence-electron chi connectivity index (χ2n) is 9.80. The minimum atomic E-state index is -0.0412. The lowest BCUT2D eigenvalue weighted by Gasteiger charge is -2.60. The Labute approximate surface area is 147 Å². The molecule has 0 aromatic heterocycles. The van der Waals surface area contributed by atoms with Crippen LogP contribution in [0.3, 0.4) is 0 Å². The van der Waals surface area contributed by atoms with E-state index in [4.69, 9.17) is 5.26 Å². The molecule has 4 rings (SSSR count). The molecule has 0 unspecified atom stereocenters. The Morgan fingerprint density at radius 2 is 1.71 bits per heavy atom. The first-order valence-electron chi connectivity index (χ1n) is 10.2. The zero-order valence-corrected chi connectivity index (χ0v) is 15.4. The van der Waals surface area contributed by atoms with Crippen LogP contribution >= 0.6 is 0 Å². The molecule has 24 heavy (non-hydrogen) atoms. The smallest absolute Gasteiger partial charge is 0.0908 e. The topological polar surface area (TPSA) is 44.0 Å². The number of aliphatic hydroxyl groups excluding tert-OH is 1. The van der Waals surface area contributed by atoms with Crippen LogP contribution in [0.25, 0.3) is 0 Å². The number of fused-ring (bicyclic) bond motifs is 5. The van der Waals surface area contributed by atoms with Gasteiger partial charge in [0.25, 0.3) is 0 Å². The van der Waals surface area contributed by atoms with Gasteiger partial charge >= 0.3 is 0 Å². The SMILES string of the molecule is C[C@]12CC[C@H](O)C[C@@H]1CC[C@@H]1[C@@H]2CC[C@]2(C)[C@@H](/C=C\C#N)CC[C@@H]12. The molecule has 2 nitrogen and oxygen atoms in total. The molecule has 0 aromatic rings.